The fraction of sp³-hybridized carbons (Fsp3) is 0.438. The van der Waals surface area contributed by atoms with Crippen molar-refractivity contribution in [3.05, 3.63) is 39.4 Å². The van der Waals surface area contributed by atoms with Gasteiger partial charge in [-0.1, -0.05) is 25.4 Å². The van der Waals surface area contributed by atoms with Gasteiger partial charge in [0.1, 0.15) is 11.6 Å². The van der Waals surface area contributed by atoms with E-state index in [-0.39, 0.29) is 24.0 Å². The Hall–Kier alpha value is -1.13. The predicted octanol–water partition coefficient (Wildman–Crippen LogP) is 3.68. The number of guanidine groups is 1. The average Bonchev–Trinajstić information content (AvgIpc) is 3.05. The number of pyridine rings is 1. The zero-order chi connectivity index (χ0) is 17.4. The summed E-state index contributed by atoms with van der Waals surface area (Å²) in [4.78, 5) is 12.8. The van der Waals surface area contributed by atoms with Crippen molar-refractivity contribution in [1.29, 1.82) is 0 Å². The molecule has 25 heavy (non-hydrogen) atoms. The molecule has 2 heterocycles. The van der Waals surface area contributed by atoms with Gasteiger partial charge >= 0.3 is 0 Å². The van der Waals surface area contributed by atoms with Gasteiger partial charge in [-0.25, -0.2) is 9.97 Å². The Bertz CT molecular complexity index is 663. The Labute approximate surface area is 174 Å². The molecule has 0 bridgehead atoms. The molecule has 9 heteroatoms. The Morgan fingerprint density at radius 2 is 2.16 bits per heavy atom. The number of nitrogens with one attached hydrogen (secondary N) is 2. The number of halogens is 2. The normalized spacial score (nSPS) is 11.2. The zero-order valence-corrected chi connectivity index (χ0v) is 18.4. The van der Waals surface area contributed by atoms with E-state index < -0.39 is 0 Å². The molecule has 0 aromatic carbocycles. The van der Waals surface area contributed by atoms with Gasteiger partial charge in [-0.3, -0.25) is 4.99 Å². The minimum atomic E-state index is 0. The lowest BCUT2D eigenvalue weighted by molar-refractivity contribution is 0.309. The van der Waals surface area contributed by atoms with E-state index in [2.05, 4.69) is 44.8 Å². The number of nitrogens with zero attached hydrogens (tertiary/aromatic N) is 3. The molecule has 0 atom stereocenters. The van der Waals surface area contributed by atoms with Gasteiger partial charge in [0.2, 0.25) is 5.88 Å². The molecule has 2 aromatic rings. The highest BCUT2D eigenvalue weighted by molar-refractivity contribution is 14.0. The van der Waals surface area contributed by atoms with Crippen LogP contribution in [-0.4, -0.2) is 36.1 Å². The van der Waals surface area contributed by atoms with Gasteiger partial charge in [-0.05, 0) is 12.0 Å². The number of aromatic nitrogens is 2. The van der Waals surface area contributed by atoms with Crippen molar-refractivity contribution in [1.82, 2.24) is 20.6 Å². The maximum atomic E-state index is 5.78. The first-order valence-corrected chi connectivity index (χ1v) is 8.97. The lowest BCUT2D eigenvalue weighted by Crippen LogP contribution is -2.38. The topological polar surface area (TPSA) is 71.4 Å². The number of aliphatic imine (C=N–C) groups is 1. The van der Waals surface area contributed by atoms with Gasteiger partial charge in [0.15, 0.2) is 5.96 Å². The SMILES string of the molecule is CN=C(NCCOc1ccc(Cl)cn1)NCc1nc(C(C)C)cs1.I. The monoisotopic (exact) mass is 495 g/mol. The zero-order valence-electron chi connectivity index (χ0n) is 14.5. The first-order chi connectivity index (χ1) is 11.6. The van der Waals surface area contributed by atoms with E-state index in [9.17, 15) is 0 Å². The Morgan fingerprint density at radius 3 is 2.76 bits per heavy atom. The molecule has 138 valence electrons. The lowest BCUT2D eigenvalue weighted by Gasteiger charge is -2.11. The second-order valence-electron chi connectivity index (χ2n) is 5.34. The number of hydrogen-bond donors (Lipinski definition) is 2. The summed E-state index contributed by atoms with van der Waals surface area (Å²) in [6, 6.07) is 3.49. The highest BCUT2D eigenvalue weighted by Crippen LogP contribution is 2.17. The average molecular weight is 496 g/mol. The fourth-order valence-electron chi connectivity index (χ4n) is 1.82. The smallest absolute Gasteiger partial charge is 0.213 e. The van der Waals surface area contributed by atoms with Crippen LogP contribution in [0.15, 0.2) is 28.7 Å². The summed E-state index contributed by atoms with van der Waals surface area (Å²) in [5, 5.41) is 10.2. The van der Waals surface area contributed by atoms with Gasteiger partial charge in [-0.2, -0.15) is 0 Å². The minimum absolute atomic E-state index is 0. The van der Waals surface area contributed by atoms with E-state index in [1.54, 1.807) is 36.7 Å². The van der Waals surface area contributed by atoms with Crippen LogP contribution in [-0.2, 0) is 6.54 Å². The van der Waals surface area contributed by atoms with E-state index in [0.717, 1.165) is 10.7 Å². The molecule has 2 rings (SSSR count). The van der Waals surface area contributed by atoms with Crippen molar-refractivity contribution >= 4 is 52.9 Å². The van der Waals surface area contributed by atoms with Crippen molar-refractivity contribution in [2.24, 2.45) is 4.99 Å². The molecule has 0 spiro atoms. The van der Waals surface area contributed by atoms with Crippen molar-refractivity contribution in [2.45, 2.75) is 26.3 Å². The summed E-state index contributed by atoms with van der Waals surface area (Å²) < 4.78 is 5.52. The van der Waals surface area contributed by atoms with Crippen LogP contribution in [0.5, 0.6) is 5.88 Å². The molecule has 0 amide bonds. The lowest BCUT2D eigenvalue weighted by atomic mass is 10.2. The van der Waals surface area contributed by atoms with Crippen LogP contribution in [0.2, 0.25) is 5.02 Å². The van der Waals surface area contributed by atoms with Gasteiger partial charge in [-0.15, -0.1) is 35.3 Å². The van der Waals surface area contributed by atoms with Crippen LogP contribution in [0.1, 0.15) is 30.5 Å². The van der Waals surface area contributed by atoms with Crippen molar-refractivity contribution in [3.8, 4) is 5.88 Å². The third-order valence-corrected chi connectivity index (χ3v) is 4.23. The largest absolute Gasteiger partial charge is 0.476 e. The van der Waals surface area contributed by atoms with E-state index >= 15 is 0 Å². The maximum Gasteiger partial charge on any atom is 0.213 e. The quantitative estimate of drug-likeness (QED) is 0.265. The predicted molar refractivity (Wildman–Crippen MR) is 115 cm³/mol. The first-order valence-electron chi connectivity index (χ1n) is 7.71. The van der Waals surface area contributed by atoms with E-state index in [1.807, 2.05) is 0 Å². The molecule has 0 saturated carbocycles. The van der Waals surface area contributed by atoms with E-state index in [0.29, 0.717) is 42.5 Å². The van der Waals surface area contributed by atoms with Crippen LogP contribution >= 0.6 is 46.9 Å². The van der Waals surface area contributed by atoms with Crippen molar-refractivity contribution < 1.29 is 4.74 Å². The van der Waals surface area contributed by atoms with E-state index in [1.165, 1.54) is 0 Å². The fourth-order valence-corrected chi connectivity index (χ4v) is 2.83. The summed E-state index contributed by atoms with van der Waals surface area (Å²) in [5.41, 5.74) is 1.13. The molecular weight excluding hydrogens is 473 g/mol. The van der Waals surface area contributed by atoms with Gasteiger partial charge < -0.3 is 15.4 Å². The van der Waals surface area contributed by atoms with E-state index in [4.69, 9.17) is 16.3 Å². The summed E-state index contributed by atoms with van der Waals surface area (Å²) >= 11 is 7.44. The molecule has 0 fully saturated rings. The molecule has 6 nitrogen and oxygen atoms in total. The number of ether oxygens (including phenoxy) is 1. The highest BCUT2D eigenvalue weighted by Gasteiger charge is 2.06. The second kappa shape index (κ2) is 11.5. The molecular formula is C16H23ClIN5OS. The van der Waals surface area contributed by atoms with Crippen LogP contribution in [0, 0.1) is 0 Å². The molecule has 0 unspecified atom stereocenters. The third-order valence-electron chi connectivity index (χ3n) is 3.14. The standard InChI is InChI=1S/C16H22ClN5OS.HI/c1-11(2)13-10-24-15(22-13)9-21-16(18-3)19-6-7-23-14-5-4-12(17)8-20-14;/h4-5,8,10-11H,6-7,9H2,1-3H3,(H2,18,19,21);1H. The van der Waals surface area contributed by atoms with Gasteiger partial charge in [0, 0.05) is 24.7 Å². The Balaban J connectivity index is 0.00000312. The molecule has 2 aromatic heterocycles. The molecule has 0 aliphatic carbocycles. The molecule has 0 saturated heterocycles. The molecule has 0 aliphatic heterocycles. The summed E-state index contributed by atoms with van der Waals surface area (Å²) in [5.74, 6) is 1.71. The first kappa shape index (κ1) is 21.9. The van der Waals surface area contributed by atoms with Crippen LogP contribution < -0.4 is 15.4 Å². The highest BCUT2D eigenvalue weighted by atomic mass is 127. The Kier molecular flexibility index (Phi) is 10.1. The Morgan fingerprint density at radius 1 is 1.36 bits per heavy atom. The molecule has 0 aliphatic rings. The van der Waals surface area contributed by atoms with Gasteiger partial charge in [0.05, 0.1) is 23.8 Å². The molecule has 0 radical (unpaired) electrons. The van der Waals surface area contributed by atoms with Crippen molar-refractivity contribution in [2.75, 3.05) is 20.2 Å². The number of rotatable bonds is 7. The number of thiazole rings is 1. The second-order valence-corrected chi connectivity index (χ2v) is 6.72. The van der Waals surface area contributed by atoms with Crippen LogP contribution in [0.25, 0.3) is 0 Å². The minimum Gasteiger partial charge on any atom is -0.476 e. The summed E-state index contributed by atoms with van der Waals surface area (Å²) in [7, 11) is 1.73. The van der Waals surface area contributed by atoms with Gasteiger partial charge in [0.25, 0.3) is 0 Å². The van der Waals surface area contributed by atoms with Crippen LogP contribution in [0.4, 0.5) is 0 Å². The van der Waals surface area contributed by atoms with Crippen LogP contribution in [0.3, 0.4) is 0 Å². The number of hydrogen-bond acceptors (Lipinski definition) is 5. The summed E-state index contributed by atoms with van der Waals surface area (Å²) in [6.07, 6.45) is 1.56. The van der Waals surface area contributed by atoms with Crippen molar-refractivity contribution in [3.63, 3.8) is 0 Å². The summed E-state index contributed by atoms with van der Waals surface area (Å²) in [6.45, 7) is 6.02. The third kappa shape index (κ3) is 7.74. The molecule has 2 N–H and O–H groups in total. The maximum absolute atomic E-state index is 5.78.